The Kier molecular flexibility index (Phi) is 3.04. The second kappa shape index (κ2) is 3.43. The van der Waals surface area contributed by atoms with Gasteiger partial charge >= 0.3 is 0 Å². The topological polar surface area (TPSA) is 47.5 Å². The number of hydrogen-bond donors (Lipinski definition) is 1. The lowest BCUT2D eigenvalue weighted by Gasteiger charge is -1.94. The van der Waals surface area contributed by atoms with E-state index in [9.17, 15) is 0 Å². The molecule has 0 spiro atoms. The largest absolute Gasteiger partial charge is 0.745 e. The molecule has 0 aliphatic heterocycles. The van der Waals surface area contributed by atoms with Crippen molar-refractivity contribution in [2.75, 3.05) is 0 Å². The fraction of sp³-hybridized carbons (Fsp3) is 0.500. The van der Waals surface area contributed by atoms with E-state index in [1.54, 1.807) is 6.92 Å². The highest BCUT2D eigenvalue weighted by Crippen LogP contribution is 1.43. The molecule has 0 unspecified atom stereocenters. The highest BCUT2D eigenvalue weighted by Gasteiger charge is 1.37. The molecule has 0 aromatic carbocycles. The van der Waals surface area contributed by atoms with E-state index in [1.165, 1.54) is 11.8 Å². The molecule has 0 aliphatic carbocycles. The Morgan fingerprint density at radius 3 is 2.60 bits per heavy atom. The Hall–Kier alpha value is -0.570. The van der Waals surface area contributed by atoms with Crippen molar-refractivity contribution in [3.8, 4) is 0 Å². The first-order valence-electron chi connectivity index (χ1n) is 1.26. The van der Waals surface area contributed by atoms with Crippen LogP contribution in [0.15, 0.2) is 5.10 Å². The number of rotatable bonds is 1. The molecule has 0 radical (unpaired) electrons. The summed E-state index contributed by atoms with van der Waals surface area (Å²) in [6, 6.07) is 0. The van der Waals surface area contributed by atoms with Gasteiger partial charge in [-0.05, 0) is 6.92 Å². The Labute approximate surface area is 30.3 Å². The van der Waals surface area contributed by atoms with Gasteiger partial charge in [0.1, 0.15) is 0 Å². The van der Waals surface area contributed by atoms with Crippen LogP contribution in [0.2, 0.25) is 0 Å². The monoisotopic (exact) mass is 73.0 g/mol. The van der Waals surface area contributed by atoms with Crippen molar-refractivity contribution in [1.82, 2.24) is 5.59 Å². The van der Waals surface area contributed by atoms with E-state index in [2.05, 4.69) is 5.10 Å². The molecule has 0 aliphatic rings. The van der Waals surface area contributed by atoms with Crippen molar-refractivity contribution >= 4 is 6.21 Å². The molecule has 1 N–H and O–H groups in total. The smallest absolute Gasteiger partial charge is 0.0202 e. The highest BCUT2D eigenvalue weighted by atomic mass is 16.5. The van der Waals surface area contributed by atoms with Gasteiger partial charge in [-0.15, -0.1) is 0 Å². The summed E-state index contributed by atoms with van der Waals surface area (Å²) in [5.41, 5.74) is 1.34. The van der Waals surface area contributed by atoms with Gasteiger partial charge in [0.25, 0.3) is 0 Å². The molecule has 0 heterocycles. The third kappa shape index (κ3) is 3.43. The van der Waals surface area contributed by atoms with Crippen LogP contribution >= 0.6 is 0 Å². The Bertz CT molecular complexity index is 34.6. The molecule has 0 amide bonds. The van der Waals surface area contributed by atoms with Crippen LogP contribution in [0.4, 0.5) is 0 Å². The maximum absolute atomic E-state index is 9.08. The Balaban J connectivity index is 2.62. The van der Waals surface area contributed by atoms with E-state index in [-0.39, 0.29) is 0 Å². The average Bonchev–Trinajstić information content (AvgIpc) is 1.41. The zero-order valence-corrected chi connectivity index (χ0v) is 2.93. The molecule has 0 rings (SSSR count). The summed E-state index contributed by atoms with van der Waals surface area (Å²) in [6.07, 6.45) is 1.38. The van der Waals surface area contributed by atoms with Crippen LogP contribution in [-0.4, -0.2) is 6.21 Å². The van der Waals surface area contributed by atoms with Gasteiger partial charge in [0.15, 0.2) is 0 Å². The van der Waals surface area contributed by atoms with Crippen LogP contribution in [-0.2, 0) is 0 Å². The van der Waals surface area contributed by atoms with Gasteiger partial charge in [-0.2, -0.15) is 0 Å². The third-order valence-electron chi connectivity index (χ3n) is 0.182. The Morgan fingerprint density at radius 1 is 2.00 bits per heavy atom. The van der Waals surface area contributed by atoms with Crippen LogP contribution in [0.1, 0.15) is 6.92 Å². The standard InChI is InChI=1S/C2H5N2O/c1-2-3-4-5/h2,4H,1H3/q-1/b3-2-. The molecule has 0 saturated heterocycles. The lowest BCUT2D eigenvalue weighted by Crippen LogP contribution is -1.86. The van der Waals surface area contributed by atoms with E-state index < -0.39 is 0 Å². The predicted octanol–water partition coefficient (Wildman–Crippen LogP) is 0.0795. The lowest BCUT2D eigenvalue weighted by atomic mass is 10.9. The normalized spacial score (nSPS) is 9.20. The summed E-state index contributed by atoms with van der Waals surface area (Å²) < 4.78 is 0. The molecule has 0 aromatic rings. The van der Waals surface area contributed by atoms with Crippen molar-refractivity contribution < 1.29 is 0 Å². The maximum Gasteiger partial charge on any atom is 0.0202 e. The van der Waals surface area contributed by atoms with E-state index in [0.29, 0.717) is 0 Å². The van der Waals surface area contributed by atoms with Crippen molar-refractivity contribution in [1.29, 1.82) is 0 Å². The van der Waals surface area contributed by atoms with Gasteiger partial charge in [0, 0.05) is 6.21 Å². The number of hydrazone groups is 1. The van der Waals surface area contributed by atoms with E-state index in [1.807, 2.05) is 0 Å². The van der Waals surface area contributed by atoms with Gasteiger partial charge < -0.3 is 10.8 Å². The van der Waals surface area contributed by atoms with Gasteiger partial charge in [-0.3, -0.25) is 0 Å². The zero-order valence-electron chi connectivity index (χ0n) is 2.93. The third-order valence-corrected chi connectivity index (χ3v) is 0.182. The van der Waals surface area contributed by atoms with Crippen molar-refractivity contribution in [3.63, 3.8) is 0 Å². The summed E-state index contributed by atoms with van der Waals surface area (Å²) in [4.78, 5) is 0. The van der Waals surface area contributed by atoms with Crippen molar-refractivity contribution in [3.05, 3.63) is 5.21 Å². The minimum Gasteiger partial charge on any atom is -0.745 e. The average molecular weight is 73.1 g/mol. The van der Waals surface area contributed by atoms with Gasteiger partial charge in [0.2, 0.25) is 0 Å². The Morgan fingerprint density at radius 2 is 2.60 bits per heavy atom. The van der Waals surface area contributed by atoms with Gasteiger partial charge in [0.05, 0.1) is 0 Å². The van der Waals surface area contributed by atoms with Crippen LogP contribution in [0, 0.1) is 5.21 Å². The molecule has 3 heteroatoms. The van der Waals surface area contributed by atoms with Crippen LogP contribution in [0.3, 0.4) is 0 Å². The molecule has 0 atom stereocenters. The quantitative estimate of drug-likeness (QED) is 0.353. The maximum atomic E-state index is 9.08. The molecule has 3 nitrogen and oxygen atoms in total. The first-order valence-corrected chi connectivity index (χ1v) is 1.26. The van der Waals surface area contributed by atoms with E-state index in [0.717, 1.165) is 0 Å². The number of nitrogens with zero attached hydrogens (tertiary/aromatic N) is 1. The minimum absolute atomic E-state index is 1.34. The van der Waals surface area contributed by atoms with Crippen molar-refractivity contribution in [2.45, 2.75) is 6.92 Å². The minimum atomic E-state index is 1.34. The zero-order chi connectivity index (χ0) is 4.12. The summed E-state index contributed by atoms with van der Waals surface area (Å²) in [5.74, 6) is 0. The predicted molar refractivity (Wildman–Crippen MR) is 20.7 cm³/mol. The van der Waals surface area contributed by atoms with Crippen LogP contribution < -0.4 is 5.59 Å². The van der Waals surface area contributed by atoms with Gasteiger partial charge in [-0.1, -0.05) is 0 Å². The second-order valence-electron chi connectivity index (χ2n) is 0.479. The van der Waals surface area contributed by atoms with Crippen LogP contribution in [0.25, 0.3) is 0 Å². The fourth-order valence-electron chi connectivity index (χ4n) is 0.0527. The molecule has 0 saturated carbocycles. The lowest BCUT2D eigenvalue weighted by molar-refractivity contribution is 0.983. The fourth-order valence-corrected chi connectivity index (χ4v) is 0.0527. The first kappa shape index (κ1) is 4.43. The summed E-state index contributed by atoms with van der Waals surface area (Å²) in [6.45, 7) is 1.66. The molecule has 30 valence electrons. The number of nitrogens with one attached hydrogen (secondary N) is 1. The van der Waals surface area contributed by atoms with Gasteiger partial charge in [-0.25, -0.2) is 5.10 Å². The van der Waals surface area contributed by atoms with E-state index in [4.69, 9.17) is 5.21 Å². The summed E-state index contributed by atoms with van der Waals surface area (Å²) in [7, 11) is 0. The van der Waals surface area contributed by atoms with E-state index >= 15 is 0 Å². The molecule has 0 fully saturated rings. The second-order valence-corrected chi connectivity index (χ2v) is 0.479. The molecule has 5 heavy (non-hydrogen) atoms. The molecule has 0 bridgehead atoms. The van der Waals surface area contributed by atoms with Crippen molar-refractivity contribution in [2.24, 2.45) is 5.10 Å². The van der Waals surface area contributed by atoms with Crippen LogP contribution in [0.5, 0.6) is 0 Å². The molecular formula is C2H5N2O-. The number of hydrogen-bond acceptors (Lipinski definition) is 3. The highest BCUT2D eigenvalue weighted by molar-refractivity contribution is 5.52. The molecule has 0 aromatic heterocycles. The first-order chi connectivity index (χ1) is 2.41. The SMILES string of the molecule is C/C=N\N[O-]. The summed E-state index contributed by atoms with van der Waals surface area (Å²) in [5, 5.41) is 12.1. The molecular weight excluding hydrogens is 68.0 g/mol. The summed E-state index contributed by atoms with van der Waals surface area (Å²) >= 11 is 0.